The van der Waals surface area contributed by atoms with Gasteiger partial charge in [0, 0.05) is 14.0 Å². The third-order valence-corrected chi connectivity index (χ3v) is 1.54. The number of ether oxygens (including phenoxy) is 1. The summed E-state index contributed by atoms with van der Waals surface area (Å²) < 4.78 is 5.02. The fraction of sp³-hybridized carbons (Fsp3) is 0.750. The number of carbonyl (C=O) groups is 1. The number of methoxy groups -OCH3 is 1. The smallest absolute Gasteiger partial charge is 0.170 e. The van der Waals surface area contributed by atoms with Gasteiger partial charge < -0.3 is 4.74 Å². The fourth-order valence-corrected chi connectivity index (χ4v) is 0.541. The maximum absolute atomic E-state index is 10.5. The van der Waals surface area contributed by atoms with Gasteiger partial charge in [0.25, 0.3) is 0 Å². The van der Waals surface area contributed by atoms with Gasteiger partial charge in [0.05, 0.1) is 18.4 Å². The number of hydrogen-bond acceptors (Lipinski definition) is 3. The van der Waals surface area contributed by atoms with Crippen molar-refractivity contribution in [3.8, 4) is 0 Å². The number of rotatable bonds is 4. The summed E-state index contributed by atoms with van der Waals surface area (Å²) in [5, 5.41) is 0. The third kappa shape index (κ3) is 4.67. The van der Waals surface area contributed by atoms with Crippen LogP contribution < -0.4 is 0 Å². The number of hydrogen-bond donors (Lipinski definition) is 0. The topological polar surface area (TPSA) is 38.7 Å². The van der Waals surface area contributed by atoms with E-state index < -0.39 is 0 Å². The maximum Gasteiger partial charge on any atom is 0.170 e. The molecule has 0 aromatic carbocycles. The molecule has 0 aliphatic rings. The van der Waals surface area contributed by atoms with E-state index in [9.17, 15) is 4.79 Å². The molecule has 0 amide bonds. The Balaban J connectivity index is 3.85. The van der Waals surface area contributed by atoms with Crippen LogP contribution in [0.15, 0.2) is 4.99 Å². The van der Waals surface area contributed by atoms with Crippen LogP contribution in [-0.4, -0.2) is 31.3 Å². The zero-order valence-electron chi connectivity index (χ0n) is 7.50. The second kappa shape index (κ2) is 5.02. The highest BCUT2D eigenvalue weighted by Gasteiger charge is 2.07. The van der Waals surface area contributed by atoms with Crippen LogP contribution in [0.25, 0.3) is 0 Å². The summed E-state index contributed by atoms with van der Waals surface area (Å²) >= 11 is 0. The minimum atomic E-state index is -0.0276. The SMILES string of the molecule is COC(C)C(C)N=CC(C)=O. The molecule has 0 saturated heterocycles. The predicted molar refractivity (Wildman–Crippen MR) is 45.1 cm³/mol. The zero-order chi connectivity index (χ0) is 8.85. The lowest BCUT2D eigenvalue weighted by Crippen LogP contribution is -2.20. The lowest BCUT2D eigenvalue weighted by Gasteiger charge is -2.12. The van der Waals surface area contributed by atoms with E-state index in [0.29, 0.717) is 0 Å². The minimum Gasteiger partial charge on any atom is -0.380 e. The fourth-order valence-electron chi connectivity index (χ4n) is 0.541. The van der Waals surface area contributed by atoms with Gasteiger partial charge in [-0.15, -0.1) is 0 Å². The van der Waals surface area contributed by atoms with Crippen molar-refractivity contribution in [1.82, 2.24) is 0 Å². The van der Waals surface area contributed by atoms with E-state index in [0.717, 1.165) is 0 Å². The molecule has 0 aromatic rings. The van der Waals surface area contributed by atoms with Gasteiger partial charge in [-0.05, 0) is 13.8 Å². The van der Waals surface area contributed by atoms with Crippen molar-refractivity contribution in [3.63, 3.8) is 0 Å². The summed E-state index contributed by atoms with van der Waals surface area (Å²) in [5.74, 6) is -0.0276. The van der Waals surface area contributed by atoms with E-state index in [2.05, 4.69) is 4.99 Å². The quantitative estimate of drug-likeness (QED) is 0.572. The van der Waals surface area contributed by atoms with E-state index in [1.54, 1.807) is 7.11 Å². The molecule has 0 saturated carbocycles. The number of carbonyl (C=O) groups excluding carboxylic acids is 1. The molecule has 0 bridgehead atoms. The van der Waals surface area contributed by atoms with Gasteiger partial charge in [0.15, 0.2) is 5.78 Å². The average molecular weight is 157 g/mol. The Morgan fingerprint density at radius 2 is 2.09 bits per heavy atom. The first-order chi connectivity index (χ1) is 5.07. The van der Waals surface area contributed by atoms with Gasteiger partial charge in [-0.2, -0.15) is 0 Å². The summed E-state index contributed by atoms with van der Waals surface area (Å²) in [6.07, 6.45) is 1.39. The van der Waals surface area contributed by atoms with Crippen LogP contribution in [0.3, 0.4) is 0 Å². The van der Waals surface area contributed by atoms with E-state index in [-0.39, 0.29) is 17.9 Å². The van der Waals surface area contributed by atoms with Gasteiger partial charge in [0.2, 0.25) is 0 Å². The van der Waals surface area contributed by atoms with E-state index in [1.165, 1.54) is 13.1 Å². The first-order valence-electron chi connectivity index (χ1n) is 3.64. The van der Waals surface area contributed by atoms with Gasteiger partial charge >= 0.3 is 0 Å². The van der Waals surface area contributed by atoms with Crippen LogP contribution in [-0.2, 0) is 9.53 Å². The van der Waals surface area contributed by atoms with Crippen LogP contribution in [0.1, 0.15) is 20.8 Å². The summed E-state index contributed by atoms with van der Waals surface area (Å²) in [5.41, 5.74) is 0. The second-order valence-electron chi connectivity index (χ2n) is 2.57. The normalized spacial score (nSPS) is 16.7. The molecule has 0 spiro atoms. The summed E-state index contributed by atoms with van der Waals surface area (Å²) in [7, 11) is 1.63. The Bertz CT molecular complexity index is 154. The van der Waals surface area contributed by atoms with Crippen molar-refractivity contribution in [2.24, 2.45) is 4.99 Å². The Labute approximate surface area is 67.5 Å². The van der Waals surface area contributed by atoms with Crippen LogP contribution >= 0.6 is 0 Å². The Morgan fingerprint density at radius 3 is 2.45 bits per heavy atom. The number of nitrogens with zero attached hydrogens (tertiary/aromatic N) is 1. The van der Waals surface area contributed by atoms with Gasteiger partial charge in [-0.3, -0.25) is 9.79 Å². The molecule has 0 rings (SSSR count). The number of Topliss-reactive ketones (excluding diaryl/α,β-unsaturated/α-hetero) is 1. The van der Waals surface area contributed by atoms with Crippen molar-refractivity contribution < 1.29 is 9.53 Å². The molecule has 3 heteroatoms. The van der Waals surface area contributed by atoms with Crippen LogP contribution in [0.5, 0.6) is 0 Å². The molecule has 0 aromatic heterocycles. The lowest BCUT2D eigenvalue weighted by molar-refractivity contribution is -0.110. The molecule has 3 nitrogen and oxygen atoms in total. The molecule has 2 unspecified atom stereocenters. The largest absolute Gasteiger partial charge is 0.380 e. The van der Waals surface area contributed by atoms with Crippen LogP contribution in [0.4, 0.5) is 0 Å². The van der Waals surface area contributed by atoms with E-state index in [4.69, 9.17) is 4.74 Å². The van der Waals surface area contributed by atoms with Crippen molar-refractivity contribution in [1.29, 1.82) is 0 Å². The Kier molecular flexibility index (Phi) is 4.70. The summed E-state index contributed by atoms with van der Waals surface area (Å²) in [4.78, 5) is 14.5. The lowest BCUT2D eigenvalue weighted by atomic mass is 10.2. The molecule has 2 atom stereocenters. The highest BCUT2D eigenvalue weighted by molar-refractivity contribution is 6.26. The first kappa shape index (κ1) is 10.3. The van der Waals surface area contributed by atoms with Gasteiger partial charge in [-0.1, -0.05) is 0 Å². The predicted octanol–water partition coefficient (Wildman–Crippen LogP) is 1.07. The minimum absolute atomic E-state index is 0.0276. The monoisotopic (exact) mass is 157 g/mol. The number of ketones is 1. The zero-order valence-corrected chi connectivity index (χ0v) is 7.50. The Morgan fingerprint density at radius 1 is 1.55 bits per heavy atom. The molecule has 0 aliphatic carbocycles. The molecule has 0 fully saturated rings. The molecular weight excluding hydrogens is 142 g/mol. The molecule has 11 heavy (non-hydrogen) atoms. The van der Waals surface area contributed by atoms with Gasteiger partial charge in [-0.25, -0.2) is 0 Å². The first-order valence-corrected chi connectivity index (χ1v) is 3.64. The second-order valence-corrected chi connectivity index (χ2v) is 2.57. The molecule has 0 N–H and O–H groups in total. The van der Waals surface area contributed by atoms with E-state index >= 15 is 0 Å². The number of aliphatic imine (C=N–C) groups is 1. The highest BCUT2D eigenvalue weighted by atomic mass is 16.5. The molecular formula is C8H15NO2. The van der Waals surface area contributed by atoms with Crippen molar-refractivity contribution in [2.75, 3.05) is 7.11 Å². The van der Waals surface area contributed by atoms with Gasteiger partial charge in [0.1, 0.15) is 0 Å². The summed E-state index contributed by atoms with van der Waals surface area (Å²) in [6.45, 7) is 5.31. The van der Waals surface area contributed by atoms with Crippen LogP contribution in [0.2, 0.25) is 0 Å². The van der Waals surface area contributed by atoms with Crippen LogP contribution in [0, 0.1) is 0 Å². The average Bonchev–Trinajstić information content (AvgIpc) is 1.98. The molecule has 0 radical (unpaired) electrons. The maximum atomic E-state index is 10.5. The molecule has 0 heterocycles. The highest BCUT2D eigenvalue weighted by Crippen LogP contribution is 1.99. The van der Waals surface area contributed by atoms with E-state index in [1.807, 2.05) is 13.8 Å². The standard InChI is InChI=1S/C8H15NO2/c1-6(10)5-9-7(2)8(3)11-4/h5,7-8H,1-4H3. The third-order valence-electron chi connectivity index (χ3n) is 1.54. The molecule has 64 valence electrons. The van der Waals surface area contributed by atoms with Crippen molar-refractivity contribution in [2.45, 2.75) is 32.9 Å². The van der Waals surface area contributed by atoms with Crippen molar-refractivity contribution in [3.05, 3.63) is 0 Å². The summed E-state index contributed by atoms with van der Waals surface area (Å²) in [6, 6.07) is 0.0453. The molecule has 0 aliphatic heterocycles. The Hall–Kier alpha value is -0.700. The van der Waals surface area contributed by atoms with Crippen molar-refractivity contribution >= 4 is 12.0 Å².